The number of Topliss-reactive ketones (excluding diaryl/α,β-unsaturated/α-hetero) is 1. The first-order valence-electron chi connectivity index (χ1n) is 13.3. The summed E-state index contributed by atoms with van der Waals surface area (Å²) in [6.45, 7) is 10.2. The van der Waals surface area contributed by atoms with Gasteiger partial charge in [-0.25, -0.2) is 0 Å². The molecule has 3 aromatic rings. The Bertz CT molecular complexity index is 1380. The van der Waals surface area contributed by atoms with Gasteiger partial charge in [-0.15, -0.1) is 0 Å². The fourth-order valence-electron chi connectivity index (χ4n) is 5.42. The van der Waals surface area contributed by atoms with Gasteiger partial charge >= 0.3 is 0 Å². The molecule has 1 N–H and O–H groups in total. The van der Waals surface area contributed by atoms with Gasteiger partial charge in [0, 0.05) is 42.4 Å². The van der Waals surface area contributed by atoms with E-state index < -0.39 is 17.7 Å². The lowest BCUT2D eigenvalue weighted by Crippen LogP contribution is -2.30. The van der Waals surface area contributed by atoms with Crippen molar-refractivity contribution in [2.75, 3.05) is 22.9 Å². The third kappa shape index (κ3) is 4.71. The molecule has 0 bridgehead atoms. The molecular weight excluding hydrogens is 474 g/mol. The van der Waals surface area contributed by atoms with Crippen molar-refractivity contribution in [3.05, 3.63) is 94.8 Å². The first-order valence-corrected chi connectivity index (χ1v) is 13.3. The Hall–Kier alpha value is -3.93. The molecule has 0 spiro atoms. The van der Waals surface area contributed by atoms with Crippen molar-refractivity contribution < 1.29 is 14.7 Å². The minimum absolute atomic E-state index is 0.0808. The SMILES string of the molecule is Cc1ccc(C(C)(C)C)cc1/C(O)=C1\C(=O)C(=O)N(c2ccc(N3CCCCC3)cc2)C1c1cccnc1. The van der Waals surface area contributed by atoms with Crippen molar-refractivity contribution in [1.82, 2.24) is 4.98 Å². The van der Waals surface area contributed by atoms with Crippen LogP contribution in [-0.2, 0) is 15.0 Å². The average molecular weight is 510 g/mol. The van der Waals surface area contributed by atoms with Crippen molar-refractivity contribution in [3.63, 3.8) is 0 Å². The highest BCUT2D eigenvalue weighted by Crippen LogP contribution is 2.43. The lowest BCUT2D eigenvalue weighted by molar-refractivity contribution is -0.132. The number of nitrogens with zero attached hydrogens (tertiary/aromatic N) is 3. The number of aliphatic hydroxyl groups is 1. The van der Waals surface area contributed by atoms with Crippen LogP contribution in [0, 0.1) is 6.92 Å². The molecule has 196 valence electrons. The fourth-order valence-corrected chi connectivity index (χ4v) is 5.42. The maximum atomic E-state index is 13.6. The summed E-state index contributed by atoms with van der Waals surface area (Å²) in [6, 6.07) is 16.5. The molecule has 6 nitrogen and oxygen atoms in total. The molecule has 3 heterocycles. The Labute approximate surface area is 224 Å². The quantitative estimate of drug-likeness (QED) is 0.254. The van der Waals surface area contributed by atoms with E-state index in [1.807, 2.05) is 55.5 Å². The summed E-state index contributed by atoms with van der Waals surface area (Å²) >= 11 is 0. The number of hydrogen-bond donors (Lipinski definition) is 1. The van der Waals surface area contributed by atoms with Crippen LogP contribution in [0.2, 0.25) is 0 Å². The third-order valence-corrected chi connectivity index (χ3v) is 7.65. The van der Waals surface area contributed by atoms with Gasteiger partial charge in [0.25, 0.3) is 11.7 Å². The van der Waals surface area contributed by atoms with Crippen LogP contribution in [0.4, 0.5) is 11.4 Å². The maximum Gasteiger partial charge on any atom is 0.300 e. The molecule has 2 saturated heterocycles. The normalized spacial score (nSPS) is 19.7. The van der Waals surface area contributed by atoms with Crippen molar-refractivity contribution in [3.8, 4) is 0 Å². The molecule has 2 aliphatic heterocycles. The molecule has 38 heavy (non-hydrogen) atoms. The molecule has 2 fully saturated rings. The standard InChI is InChI=1S/C32H35N3O3/c1-21-10-11-23(32(2,3)4)19-26(21)29(36)27-28(22-9-8-16-33-20-22)35(31(38)30(27)37)25-14-12-24(13-15-25)34-17-6-5-7-18-34/h8-16,19-20,28,36H,5-7,17-18H2,1-4H3/b29-27+. The van der Waals surface area contributed by atoms with Gasteiger partial charge in [0.05, 0.1) is 11.6 Å². The average Bonchev–Trinajstić information content (AvgIpc) is 3.19. The lowest BCUT2D eigenvalue weighted by Gasteiger charge is -2.30. The van der Waals surface area contributed by atoms with Crippen LogP contribution in [0.25, 0.3) is 5.76 Å². The third-order valence-electron chi connectivity index (χ3n) is 7.65. The molecule has 1 aromatic heterocycles. The highest BCUT2D eigenvalue weighted by atomic mass is 16.3. The van der Waals surface area contributed by atoms with Gasteiger partial charge < -0.3 is 10.0 Å². The van der Waals surface area contributed by atoms with Crippen molar-refractivity contribution in [2.24, 2.45) is 0 Å². The number of piperidine rings is 1. The summed E-state index contributed by atoms with van der Waals surface area (Å²) in [6.07, 6.45) is 6.90. The summed E-state index contributed by atoms with van der Waals surface area (Å²) in [5.74, 6) is -1.51. The number of rotatable bonds is 4. The Kier molecular flexibility index (Phi) is 6.82. The fraction of sp³-hybridized carbons (Fsp3) is 0.344. The number of benzene rings is 2. The number of pyridine rings is 1. The van der Waals surface area contributed by atoms with E-state index in [1.54, 1.807) is 18.5 Å². The number of amides is 1. The predicted molar refractivity (Wildman–Crippen MR) is 151 cm³/mol. The molecule has 0 saturated carbocycles. The topological polar surface area (TPSA) is 73.7 Å². The second-order valence-electron chi connectivity index (χ2n) is 11.3. The van der Waals surface area contributed by atoms with Crippen molar-refractivity contribution in [1.29, 1.82) is 0 Å². The minimum atomic E-state index is -0.790. The molecule has 1 amide bonds. The second kappa shape index (κ2) is 10.1. The van der Waals surface area contributed by atoms with Crippen molar-refractivity contribution in [2.45, 2.75) is 58.4 Å². The van der Waals surface area contributed by atoms with Crippen LogP contribution in [0.3, 0.4) is 0 Å². The molecule has 1 atom stereocenters. The molecule has 2 aromatic carbocycles. The maximum absolute atomic E-state index is 13.6. The molecule has 2 aliphatic rings. The van der Waals surface area contributed by atoms with Gasteiger partial charge in [-0.3, -0.25) is 19.5 Å². The van der Waals surface area contributed by atoms with E-state index in [-0.39, 0.29) is 16.7 Å². The zero-order valence-electron chi connectivity index (χ0n) is 22.6. The number of anilines is 2. The summed E-state index contributed by atoms with van der Waals surface area (Å²) in [5, 5.41) is 11.6. The van der Waals surface area contributed by atoms with Crippen LogP contribution >= 0.6 is 0 Å². The van der Waals surface area contributed by atoms with Crippen LogP contribution in [0.1, 0.15) is 68.3 Å². The Morgan fingerprint density at radius 3 is 2.26 bits per heavy atom. The lowest BCUT2D eigenvalue weighted by atomic mass is 9.84. The number of ketones is 1. The highest BCUT2D eigenvalue weighted by Gasteiger charge is 2.47. The van der Waals surface area contributed by atoms with Crippen molar-refractivity contribution >= 4 is 28.8 Å². The van der Waals surface area contributed by atoms with Gasteiger partial charge in [-0.1, -0.05) is 39.0 Å². The van der Waals surface area contributed by atoms with Gasteiger partial charge in [0.15, 0.2) is 0 Å². The number of hydrogen-bond acceptors (Lipinski definition) is 5. The Morgan fingerprint density at radius 2 is 1.63 bits per heavy atom. The van der Waals surface area contributed by atoms with Gasteiger partial charge in [0.2, 0.25) is 0 Å². The number of aliphatic hydroxyl groups excluding tert-OH is 1. The monoisotopic (exact) mass is 509 g/mol. The van der Waals surface area contributed by atoms with Gasteiger partial charge in [-0.2, -0.15) is 0 Å². The molecule has 5 rings (SSSR count). The zero-order valence-corrected chi connectivity index (χ0v) is 22.6. The molecule has 6 heteroatoms. The molecule has 0 radical (unpaired) electrons. The van der Waals surface area contributed by atoms with E-state index in [0.717, 1.165) is 29.9 Å². The number of aryl methyl sites for hydroxylation is 1. The van der Waals surface area contributed by atoms with Crippen LogP contribution in [0.5, 0.6) is 0 Å². The van der Waals surface area contributed by atoms with Gasteiger partial charge in [0.1, 0.15) is 5.76 Å². The Morgan fingerprint density at radius 1 is 0.947 bits per heavy atom. The summed E-state index contributed by atoms with van der Waals surface area (Å²) in [7, 11) is 0. The zero-order chi connectivity index (χ0) is 27.0. The first-order chi connectivity index (χ1) is 18.2. The number of carbonyl (C=O) groups is 2. The molecular formula is C32H35N3O3. The van der Waals surface area contributed by atoms with E-state index in [1.165, 1.54) is 24.2 Å². The van der Waals surface area contributed by atoms with E-state index in [0.29, 0.717) is 16.8 Å². The second-order valence-corrected chi connectivity index (χ2v) is 11.3. The van der Waals surface area contributed by atoms with E-state index in [9.17, 15) is 14.7 Å². The van der Waals surface area contributed by atoms with E-state index >= 15 is 0 Å². The van der Waals surface area contributed by atoms with E-state index in [4.69, 9.17) is 0 Å². The van der Waals surface area contributed by atoms with E-state index in [2.05, 4.69) is 30.7 Å². The number of carbonyl (C=O) groups excluding carboxylic acids is 2. The highest BCUT2D eigenvalue weighted by molar-refractivity contribution is 6.51. The summed E-state index contributed by atoms with van der Waals surface area (Å²) < 4.78 is 0. The minimum Gasteiger partial charge on any atom is -0.507 e. The smallest absolute Gasteiger partial charge is 0.300 e. The van der Waals surface area contributed by atoms with Crippen LogP contribution < -0.4 is 9.80 Å². The number of aromatic nitrogens is 1. The first kappa shape index (κ1) is 25.7. The largest absolute Gasteiger partial charge is 0.507 e. The van der Waals surface area contributed by atoms with Crippen LogP contribution in [0.15, 0.2) is 72.6 Å². The molecule has 0 aliphatic carbocycles. The molecule has 1 unspecified atom stereocenters. The van der Waals surface area contributed by atoms with Crippen LogP contribution in [-0.4, -0.2) is 34.9 Å². The summed E-state index contributed by atoms with van der Waals surface area (Å²) in [4.78, 5) is 35.2. The van der Waals surface area contributed by atoms with Gasteiger partial charge in [-0.05, 0) is 84.7 Å². The predicted octanol–water partition coefficient (Wildman–Crippen LogP) is 6.30. The Balaban J connectivity index is 1.63. The summed E-state index contributed by atoms with van der Waals surface area (Å²) in [5.41, 5.74) is 4.74.